The topological polar surface area (TPSA) is 105 Å². The summed E-state index contributed by atoms with van der Waals surface area (Å²) in [7, 11) is 0. The third-order valence-electron chi connectivity index (χ3n) is 10.1. The summed E-state index contributed by atoms with van der Waals surface area (Å²) in [4.78, 5) is 54.3. The van der Waals surface area contributed by atoms with E-state index < -0.39 is 34.7 Å². The Kier molecular flexibility index (Phi) is 25.9. The molecule has 0 radical (unpaired) electrons. The SMILES string of the molecule is CCCCCCCCCCCC(Cc1ccc(CC(CCCCCCCCCCC)(C(=O)OCC)C(=O)OCC)cc1)(C(=O)OCC)C(=O)OCC. The van der Waals surface area contributed by atoms with E-state index in [2.05, 4.69) is 13.8 Å². The number of hydrogen-bond donors (Lipinski definition) is 0. The molecule has 0 N–H and O–H groups in total. The minimum Gasteiger partial charge on any atom is -0.465 e. The van der Waals surface area contributed by atoms with Crippen molar-refractivity contribution in [3.8, 4) is 0 Å². The van der Waals surface area contributed by atoms with Gasteiger partial charge in [-0.3, -0.25) is 19.2 Å². The highest BCUT2D eigenvalue weighted by molar-refractivity contribution is 6.01. The van der Waals surface area contributed by atoms with Gasteiger partial charge in [0.25, 0.3) is 0 Å². The molecule has 0 aliphatic heterocycles. The maximum absolute atomic E-state index is 13.6. The monoisotopic (exact) mass is 731 g/mol. The number of esters is 4. The van der Waals surface area contributed by atoms with Gasteiger partial charge in [0, 0.05) is 0 Å². The summed E-state index contributed by atoms with van der Waals surface area (Å²) < 4.78 is 22.0. The molecular weight excluding hydrogens is 656 g/mol. The van der Waals surface area contributed by atoms with Crippen LogP contribution in [0.5, 0.6) is 0 Å². The number of hydrogen-bond acceptors (Lipinski definition) is 8. The molecule has 0 aliphatic carbocycles. The maximum atomic E-state index is 13.6. The van der Waals surface area contributed by atoms with Crippen LogP contribution in [0.3, 0.4) is 0 Å². The van der Waals surface area contributed by atoms with Crippen LogP contribution in [0.4, 0.5) is 0 Å². The number of carbonyl (C=O) groups is 4. The van der Waals surface area contributed by atoms with Crippen molar-refractivity contribution in [1.82, 2.24) is 0 Å². The van der Waals surface area contributed by atoms with Crippen molar-refractivity contribution in [2.45, 2.75) is 183 Å². The predicted molar refractivity (Wildman–Crippen MR) is 209 cm³/mol. The zero-order chi connectivity index (χ0) is 38.5. The summed E-state index contributed by atoms with van der Waals surface area (Å²) in [6, 6.07) is 7.49. The van der Waals surface area contributed by atoms with E-state index in [1.807, 2.05) is 24.3 Å². The fourth-order valence-electron chi connectivity index (χ4n) is 7.06. The number of carbonyl (C=O) groups excluding carboxylic acids is 4. The summed E-state index contributed by atoms with van der Waals surface area (Å²) in [5.41, 5.74) is -1.36. The lowest BCUT2D eigenvalue weighted by Crippen LogP contribution is -2.44. The van der Waals surface area contributed by atoms with Crippen LogP contribution in [-0.2, 0) is 51.0 Å². The highest BCUT2D eigenvalue weighted by atomic mass is 16.6. The number of benzene rings is 1. The third-order valence-corrected chi connectivity index (χ3v) is 10.1. The van der Waals surface area contributed by atoms with Crippen molar-refractivity contribution in [2.24, 2.45) is 10.8 Å². The van der Waals surface area contributed by atoms with Crippen LogP contribution >= 0.6 is 0 Å². The smallest absolute Gasteiger partial charge is 0.323 e. The van der Waals surface area contributed by atoms with Gasteiger partial charge in [0.1, 0.15) is 0 Å². The zero-order valence-electron chi connectivity index (χ0n) is 34.0. The van der Waals surface area contributed by atoms with Gasteiger partial charge in [-0.15, -0.1) is 0 Å². The molecule has 0 aromatic heterocycles. The van der Waals surface area contributed by atoms with E-state index in [1.165, 1.54) is 64.2 Å². The predicted octanol–water partition coefficient (Wildman–Crippen LogP) is 10.8. The highest BCUT2D eigenvalue weighted by Crippen LogP contribution is 2.36. The molecule has 1 aromatic rings. The van der Waals surface area contributed by atoms with E-state index in [1.54, 1.807) is 27.7 Å². The first-order valence-corrected chi connectivity index (χ1v) is 21.0. The molecule has 52 heavy (non-hydrogen) atoms. The number of unbranched alkanes of at least 4 members (excludes halogenated alkanes) is 16. The van der Waals surface area contributed by atoms with Gasteiger partial charge < -0.3 is 18.9 Å². The van der Waals surface area contributed by atoms with Crippen molar-refractivity contribution in [3.63, 3.8) is 0 Å². The van der Waals surface area contributed by atoms with Crippen LogP contribution in [-0.4, -0.2) is 50.3 Å². The van der Waals surface area contributed by atoms with Gasteiger partial charge in [-0.05, 0) is 64.5 Å². The molecule has 8 nitrogen and oxygen atoms in total. The number of ether oxygens (including phenoxy) is 4. The Balaban J connectivity index is 3.21. The molecule has 1 rings (SSSR count). The molecule has 0 spiro atoms. The maximum Gasteiger partial charge on any atom is 0.323 e. The quantitative estimate of drug-likeness (QED) is 0.0312. The molecule has 1 aromatic carbocycles. The van der Waals surface area contributed by atoms with Gasteiger partial charge in [-0.2, -0.15) is 0 Å². The second kappa shape index (κ2) is 28.6. The Morgan fingerprint density at radius 2 is 0.615 bits per heavy atom. The van der Waals surface area contributed by atoms with Gasteiger partial charge in [-0.25, -0.2) is 0 Å². The van der Waals surface area contributed by atoms with Crippen LogP contribution in [0.25, 0.3) is 0 Å². The molecule has 0 heterocycles. The van der Waals surface area contributed by atoms with E-state index in [0.29, 0.717) is 25.7 Å². The second-order valence-electron chi connectivity index (χ2n) is 14.4. The molecular formula is C44H74O8. The molecule has 0 saturated heterocycles. The van der Waals surface area contributed by atoms with E-state index in [-0.39, 0.29) is 39.3 Å². The summed E-state index contributed by atoms with van der Waals surface area (Å²) in [5, 5.41) is 0. The van der Waals surface area contributed by atoms with Crippen LogP contribution in [0, 0.1) is 10.8 Å². The van der Waals surface area contributed by atoms with Crippen molar-refractivity contribution < 1.29 is 38.1 Å². The average Bonchev–Trinajstić information content (AvgIpc) is 3.13. The molecule has 0 aliphatic rings. The lowest BCUT2D eigenvalue weighted by Gasteiger charge is -2.30. The van der Waals surface area contributed by atoms with Gasteiger partial charge in [0.2, 0.25) is 0 Å². The van der Waals surface area contributed by atoms with Crippen LogP contribution in [0.1, 0.15) is 181 Å². The second-order valence-corrected chi connectivity index (χ2v) is 14.4. The van der Waals surface area contributed by atoms with Gasteiger partial charge in [-0.1, -0.05) is 154 Å². The van der Waals surface area contributed by atoms with Crippen molar-refractivity contribution in [2.75, 3.05) is 26.4 Å². The summed E-state index contributed by atoms with van der Waals surface area (Å²) in [6.07, 6.45) is 21.1. The van der Waals surface area contributed by atoms with Gasteiger partial charge >= 0.3 is 23.9 Å². The van der Waals surface area contributed by atoms with Crippen molar-refractivity contribution in [3.05, 3.63) is 35.4 Å². The standard InChI is InChI=1S/C44H74O8/c1-7-13-15-17-19-21-23-25-27-33-43(39(45)49-9-3,40(46)50-10-4)35-37-29-31-38(32-30-37)36-44(41(47)51-11-5,42(48)52-12-6)34-28-26-24-22-20-18-16-14-8-2/h29-32H,7-28,33-36H2,1-6H3. The van der Waals surface area contributed by atoms with Gasteiger partial charge in [0.05, 0.1) is 26.4 Å². The average molecular weight is 731 g/mol. The lowest BCUT2D eigenvalue weighted by molar-refractivity contribution is -0.174. The first kappa shape index (κ1) is 47.1. The largest absolute Gasteiger partial charge is 0.465 e. The van der Waals surface area contributed by atoms with Crippen LogP contribution in [0.15, 0.2) is 24.3 Å². The molecule has 0 saturated carbocycles. The fourth-order valence-corrected chi connectivity index (χ4v) is 7.06. The van der Waals surface area contributed by atoms with Crippen molar-refractivity contribution >= 4 is 23.9 Å². The van der Waals surface area contributed by atoms with Gasteiger partial charge in [0.15, 0.2) is 10.8 Å². The number of rotatable bonds is 32. The summed E-state index contributed by atoms with van der Waals surface area (Å²) in [5.74, 6) is -2.22. The molecule has 0 fully saturated rings. The molecule has 0 atom stereocenters. The Morgan fingerprint density at radius 3 is 0.846 bits per heavy atom. The first-order chi connectivity index (χ1) is 25.2. The Hall–Kier alpha value is -2.90. The molecule has 298 valence electrons. The molecule has 0 bridgehead atoms. The summed E-state index contributed by atoms with van der Waals surface area (Å²) >= 11 is 0. The molecule has 8 heteroatoms. The van der Waals surface area contributed by atoms with Crippen molar-refractivity contribution in [1.29, 1.82) is 0 Å². The van der Waals surface area contributed by atoms with E-state index in [9.17, 15) is 19.2 Å². The highest BCUT2D eigenvalue weighted by Gasteiger charge is 2.50. The normalized spacial score (nSPS) is 11.7. The minimum atomic E-state index is -1.45. The minimum absolute atomic E-state index is 0.140. The first-order valence-electron chi connectivity index (χ1n) is 21.0. The lowest BCUT2D eigenvalue weighted by atomic mass is 9.75. The Labute approximate surface area is 316 Å². The van der Waals surface area contributed by atoms with Crippen LogP contribution < -0.4 is 0 Å². The summed E-state index contributed by atoms with van der Waals surface area (Å²) in [6.45, 7) is 12.1. The molecule has 0 amide bonds. The molecule has 0 unspecified atom stereocenters. The van der Waals surface area contributed by atoms with E-state index >= 15 is 0 Å². The third kappa shape index (κ3) is 16.8. The Morgan fingerprint density at radius 1 is 0.385 bits per heavy atom. The van der Waals surface area contributed by atoms with E-state index in [0.717, 1.165) is 49.7 Å². The van der Waals surface area contributed by atoms with E-state index in [4.69, 9.17) is 18.9 Å². The Bertz CT molecular complexity index is 989. The fraction of sp³-hybridized carbons (Fsp3) is 0.773. The zero-order valence-corrected chi connectivity index (χ0v) is 34.0. The van der Waals surface area contributed by atoms with Crippen LogP contribution in [0.2, 0.25) is 0 Å².